The number of nitrogens with one attached hydrogen (secondary N) is 1. The van der Waals surface area contributed by atoms with Gasteiger partial charge in [-0.05, 0) is 32.0 Å². The van der Waals surface area contributed by atoms with Crippen molar-refractivity contribution in [2.24, 2.45) is 0 Å². The molecule has 0 bridgehead atoms. The molecule has 5 rings (SSSR count). The van der Waals surface area contributed by atoms with Gasteiger partial charge in [0.2, 0.25) is 0 Å². The van der Waals surface area contributed by atoms with Gasteiger partial charge in [0.25, 0.3) is 0 Å². The maximum atomic E-state index is 13.7. The summed E-state index contributed by atoms with van der Waals surface area (Å²) in [6.07, 6.45) is 5.62. The van der Waals surface area contributed by atoms with Crippen LogP contribution in [0.15, 0.2) is 61.2 Å². The molecule has 0 amide bonds. The second-order valence-electron chi connectivity index (χ2n) is 7.35. The molecule has 0 aliphatic heterocycles. The lowest BCUT2D eigenvalue weighted by Crippen LogP contribution is -2.18. The summed E-state index contributed by atoms with van der Waals surface area (Å²) in [7, 11) is 0. The van der Waals surface area contributed by atoms with Crippen LogP contribution in [-0.4, -0.2) is 36.2 Å². The van der Waals surface area contributed by atoms with E-state index in [-0.39, 0.29) is 0 Å². The summed E-state index contributed by atoms with van der Waals surface area (Å²) < 4.78 is 15.3. The summed E-state index contributed by atoms with van der Waals surface area (Å²) >= 11 is 0. The Labute approximate surface area is 177 Å². The first kappa shape index (κ1) is 19.2. The zero-order valence-corrected chi connectivity index (χ0v) is 17.1. The normalized spacial score (nSPS) is 12.5. The van der Waals surface area contributed by atoms with Crippen LogP contribution in [0, 0.1) is 5.82 Å². The minimum atomic E-state index is -0.805. The molecule has 0 saturated heterocycles. The van der Waals surface area contributed by atoms with Gasteiger partial charge < -0.3 is 15.0 Å². The SMILES string of the molecule is CCN(c1nn2ccc(-c3cncc(F)c3)nc2c1[C@@H](C)O)c1c[nH]c2ccccc12. The van der Waals surface area contributed by atoms with Crippen LogP contribution in [0.5, 0.6) is 0 Å². The van der Waals surface area contributed by atoms with Crippen LogP contribution in [0.4, 0.5) is 15.9 Å². The van der Waals surface area contributed by atoms with Gasteiger partial charge in [0.15, 0.2) is 11.5 Å². The highest BCUT2D eigenvalue weighted by atomic mass is 19.1. The number of rotatable bonds is 5. The van der Waals surface area contributed by atoms with E-state index in [4.69, 9.17) is 5.10 Å². The Bertz CT molecular complexity index is 1390. The van der Waals surface area contributed by atoms with Crippen molar-refractivity contribution >= 4 is 28.1 Å². The number of nitrogens with zero attached hydrogens (tertiary/aromatic N) is 5. The molecule has 0 unspecified atom stereocenters. The molecule has 31 heavy (non-hydrogen) atoms. The van der Waals surface area contributed by atoms with E-state index in [1.807, 2.05) is 31.3 Å². The number of fused-ring (bicyclic) bond motifs is 2. The van der Waals surface area contributed by atoms with Crippen molar-refractivity contribution in [1.29, 1.82) is 0 Å². The number of halogens is 1. The molecule has 7 nitrogen and oxygen atoms in total. The Morgan fingerprint density at radius 3 is 2.84 bits per heavy atom. The molecule has 0 aliphatic carbocycles. The van der Waals surface area contributed by atoms with Crippen LogP contribution >= 0.6 is 0 Å². The third-order valence-corrected chi connectivity index (χ3v) is 5.35. The molecule has 0 fully saturated rings. The van der Waals surface area contributed by atoms with Gasteiger partial charge in [-0.25, -0.2) is 13.9 Å². The Morgan fingerprint density at radius 2 is 2.06 bits per heavy atom. The van der Waals surface area contributed by atoms with E-state index < -0.39 is 11.9 Å². The Morgan fingerprint density at radius 1 is 1.23 bits per heavy atom. The van der Waals surface area contributed by atoms with E-state index in [1.54, 1.807) is 29.9 Å². The average Bonchev–Trinajstić information content (AvgIpc) is 3.36. The zero-order chi connectivity index (χ0) is 21.5. The highest BCUT2D eigenvalue weighted by Gasteiger charge is 2.25. The minimum absolute atomic E-state index is 0.430. The van der Waals surface area contributed by atoms with Gasteiger partial charge in [-0.1, -0.05) is 18.2 Å². The summed E-state index contributed by atoms with van der Waals surface area (Å²) in [6.45, 7) is 4.38. The molecule has 8 heteroatoms. The quantitative estimate of drug-likeness (QED) is 0.437. The summed E-state index contributed by atoms with van der Waals surface area (Å²) in [5.74, 6) is 0.199. The first-order valence-corrected chi connectivity index (χ1v) is 10.1. The number of anilines is 2. The lowest BCUT2D eigenvalue weighted by molar-refractivity contribution is 0.201. The van der Waals surface area contributed by atoms with E-state index in [0.717, 1.165) is 22.8 Å². The zero-order valence-electron chi connectivity index (χ0n) is 17.1. The van der Waals surface area contributed by atoms with E-state index in [1.165, 1.54) is 6.07 Å². The van der Waals surface area contributed by atoms with Crippen LogP contribution < -0.4 is 4.90 Å². The van der Waals surface area contributed by atoms with Crippen molar-refractivity contribution in [3.63, 3.8) is 0 Å². The number of H-pyrrole nitrogens is 1. The second-order valence-corrected chi connectivity index (χ2v) is 7.35. The minimum Gasteiger partial charge on any atom is -0.388 e. The lowest BCUT2D eigenvalue weighted by atomic mass is 10.1. The maximum absolute atomic E-state index is 13.7. The molecule has 4 aromatic heterocycles. The van der Waals surface area contributed by atoms with Gasteiger partial charge in [0, 0.05) is 41.6 Å². The van der Waals surface area contributed by atoms with E-state index in [2.05, 4.69) is 25.9 Å². The van der Waals surface area contributed by atoms with Gasteiger partial charge in [-0.2, -0.15) is 0 Å². The number of benzene rings is 1. The van der Waals surface area contributed by atoms with Crippen LogP contribution in [0.25, 0.3) is 27.8 Å². The molecule has 0 spiro atoms. The molecule has 1 aromatic carbocycles. The molecular formula is C23H21FN6O. The number of para-hydroxylation sites is 1. The summed E-state index contributed by atoms with van der Waals surface area (Å²) in [4.78, 5) is 13.9. The van der Waals surface area contributed by atoms with E-state index >= 15 is 0 Å². The van der Waals surface area contributed by atoms with Crippen molar-refractivity contribution in [2.75, 3.05) is 11.4 Å². The summed E-state index contributed by atoms with van der Waals surface area (Å²) in [6, 6.07) is 11.2. The van der Waals surface area contributed by atoms with Crippen LogP contribution in [0.2, 0.25) is 0 Å². The molecular weight excluding hydrogens is 395 g/mol. The van der Waals surface area contributed by atoms with Gasteiger partial charge >= 0.3 is 0 Å². The average molecular weight is 416 g/mol. The Hall–Kier alpha value is -3.78. The second kappa shape index (κ2) is 7.48. The lowest BCUT2D eigenvalue weighted by Gasteiger charge is -2.21. The number of hydrogen-bond donors (Lipinski definition) is 2. The fourth-order valence-corrected chi connectivity index (χ4v) is 3.93. The number of aliphatic hydroxyl groups is 1. The smallest absolute Gasteiger partial charge is 0.163 e. The fraction of sp³-hybridized carbons (Fsp3) is 0.174. The third kappa shape index (κ3) is 3.21. The highest BCUT2D eigenvalue weighted by molar-refractivity contribution is 5.95. The van der Waals surface area contributed by atoms with Crippen LogP contribution in [-0.2, 0) is 0 Å². The van der Waals surface area contributed by atoms with Crippen molar-refractivity contribution in [1.82, 2.24) is 24.6 Å². The van der Waals surface area contributed by atoms with E-state index in [9.17, 15) is 9.50 Å². The van der Waals surface area contributed by atoms with Crippen LogP contribution in [0.1, 0.15) is 25.5 Å². The number of pyridine rings is 1. The molecule has 0 aliphatic rings. The highest BCUT2D eigenvalue weighted by Crippen LogP contribution is 2.37. The van der Waals surface area contributed by atoms with Gasteiger partial charge in [0.1, 0.15) is 5.82 Å². The molecule has 4 heterocycles. The van der Waals surface area contributed by atoms with E-state index in [0.29, 0.717) is 34.8 Å². The molecule has 0 saturated carbocycles. The molecule has 156 valence electrons. The maximum Gasteiger partial charge on any atom is 0.163 e. The molecule has 1 atom stereocenters. The number of hydrogen-bond acceptors (Lipinski definition) is 5. The first-order chi connectivity index (χ1) is 15.1. The predicted molar refractivity (Wildman–Crippen MR) is 118 cm³/mol. The number of aliphatic hydroxyl groups excluding tert-OH is 1. The third-order valence-electron chi connectivity index (χ3n) is 5.35. The Balaban J connectivity index is 1.70. The number of aromatic nitrogens is 5. The monoisotopic (exact) mass is 416 g/mol. The van der Waals surface area contributed by atoms with Crippen molar-refractivity contribution in [3.8, 4) is 11.3 Å². The summed E-state index contributed by atoms with van der Waals surface area (Å²) in [5, 5.41) is 16.5. The first-order valence-electron chi connectivity index (χ1n) is 10.1. The molecule has 2 N–H and O–H groups in total. The standard InChI is InChI=1S/C23H21FN6O/c1-3-29(20-13-26-19-7-5-4-6-17(19)20)23-21(14(2)31)22-27-18(8-9-30(22)28-23)15-10-16(24)12-25-11-15/h4-14,26,31H,3H2,1-2H3/t14-/m1/s1. The van der Waals surface area contributed by atoms with Crippen LogP contribution in [0.3, 0.4) is 0 Å². The Kier molecular flexibility index (Phi) is 4.63. The van der Waals surface area contributed by atoms with Gasteiger partial charge in [-0.15, -0.1) is 5.10 Å². The van der Waals surface area contributed by atoms with Crippen molar-refractivity contribution in [2.45, 2.75) is 20.0 Å². The predicted octanol–water partition coefficient (Wildman–Crippen LogP) is 4.62. The van der Waals surface area contributed by atoms with Crippen molar-refractivity contribution in [3.05, 3.63) is 72.6 Å². The fourth-order valence-electron chi connectivity index (χ4n) is 3.93. The van der Waals surface area contributed by atoms with Crippen molar-refractivity contribution < 1.29 is 9.50 Å². The van der Waals surface area contributed by atoms with Gasteiger partial charge in [0.05, 0.1) is 29.2 Å². The largest absolute Gasteiger partial charge is 0.388 e. The summed E-state index contributed by atoms with van der Waals surface area (Å²) in [5.41, 5.74) is 4.24. The van der Waals surface area contributed by atoms with Gasteiger partial charge in [-0.3, -0.25) is 4.98 Å². The topological polar surface area (TPSA) is 82.3 Å². The molecule has 0 radical (unpaired) electrons. The number of aromatic amines is 1. The molecule has 5 aromatic rings.